The van der Waals surface area contributed by atoms with Gasteiger partial charge in [0.2, 0.25) is 0 Å². The van der Waals surface area contributed by atoms with Crippen LogP contribution in [-0.2, 0) is 0 Å². The fourth-order valence-electron chi connectivity index (χ4n) is 3.25. The number of benzene rings is 2. The van der Waals surface area contributed by atoms with Crippen LogP contribution in [-0.4, -0.2) is 28.0 Å². The molecule has 0 bridgehead atoms. The number of methoxy groups -OCH3 is 1. The Bertz CT molecular complexity index is 1150. The maximum atomic E-state index is 13.0. The average molecular weight is 390 g/mol. The third-order valence-electron chi connectivity index (χ3n) is 4.77. The van der Waals surface area contributed by atoms with Gasteiger partial charge >= 0.3 is 0 Å². The first-order valence-electron chi connectivity index (χ1n) is 8.79. The van der Waals surface area contributed by atoms with Gasteiger partial charge < -0.3 is 9.84 Å². The first kappa shape index (κ1) is 18.1. The fourth-order valence-corrected chi connectivity index (χ4v) is 4.17. The minimum Gasteiger partial charge on any atom is -0.507 e. The summed E-state index contributed by atoms with van der Waals surface area (Å²) in [5, 5.41) is 13.0. The zero-order chi connectivity index (χ0) is 19.7. The Hall–Kier alpha value is -3.25. The predicted molar refractivity (Wildman–Crippen MR) is 110 cm³/mol. The summed E-state index contributed by atoms with van der Waals surface area (Å²) < 4.78 is 5.24. The second-order valence-corrected chi connectivity index (χ2v) is 7.28. The number of ketones is 1. The Labute approximate surface area is 166 Å². The largest absolute Gasteiger partial charge is 0.507 e. The number of carbonyl (C=O) groups is 1. The van der Waals surface area contributed by atoms with E-state index in [4.69, 9.17) is 4.74 Å². The van der Waals surface area contributed by atoms with Crippen LogP contribution in [0.2, 0.25) is 0 Å². The van der Waals surface area contributed by atoms with Crippen molar-refractivity contribution in [3.8, 4) is 22.6 Å². The fraction of sp³-hybridized carbons (Fsp3) is 0.136. The molecule has 0 fully saturated rings. The van der Waals surface area contributed by atoms with E-state index in [0.717, 1.165) is 27.1 Å². The number of hydrogen-bond acceptors (Lipinski definition) is 6. The molecule has 140 valence electrons. The molecule has 0 aliphatic rings. The normalized spacial score (nSPS) is 12.1. The van der Waals surface area contributed by atoms with Gasteiger partial charge in [0.25, 0.3) is 0 Å². The maximum absolute atomic E-state index is 13.0. The van der Waals surface area contributed by atoms with Crippen LogP contribution in [0.15, 0.2) is 60.2 Å². The Morgan fingerprint density at radius 1 is 1.11 bits per heavy atom. The number of Topliss-reactive ketones (excluding diaryl/α,β-unsaturated/α-hetero) is 1. The van der Waals surface area contributed by atoms with E-state index in [9.17, 15) is 9.90 Å². The van der Waals surface area contributed by atoms with Gasteiger partial charge in [0.1, 0.15) is 22.7 Å². The molecule has 4 aromatic rings. The quantitative estimate of drug-likeness (QED) is 0.482. The third-order valence-corrected chi connectivity index (χ3v) is 5.66. The molecule has 4 rings (SSSR count). The summed E-state index contributed by atoms with van der Waals surface area (Å²) in [7, 11) is 1.63. The van der Waals surface area contributed by atoms with Gasteiger partial charge in [0.15, 0.2) is 5.78 Å². The number of thiophene rings is 1. The van der Waals surface area contributed by atoms with Crippen LogP contribution in [0.3, 0.4) is 0 Å². The van der Waals surface area contributed by atoms with E-state index in [0.29, 0.717) is 11.3 Å². The van der Waals surface area contributed by atoms with E-state index < -0.39 is 5.92 Å². The minimum absolute atomic E-state index is 0.0228. The molecule has 1 unspecified atom stereocenters. The second-order valence-electron chi connectivity index (χ2n) is 6.42. The average Bonchev–Trinajstić information content (AvgIpc) is 3.17. The lowest BCUT2D eigenvalue weighted by Gasteiger charge is -2.13. The summed E-state index contributed by atoms with van der Waals surface area (Å²) in [6.45, 7) is 1.81. The second kappa shape index (κ2) is 7.40. The molecule has 6 heteroatoms. The third kappa shape index (κ3) is 3.12. The van der Waals surface area contributed by atoms with Gasteiger partial charge in [0.05, 0.1) is 24.3 Å². The number of fused-ring (bicyclic) bond motifs is 1. The van der Waals surface area contributed by atoms with Crippen molar-refractivity contribution in [1.29, 1.82) is 0 Å². The summed E-state index contributed by atoms with van der Waals surface area (Å²) in [6, 6.07) is 14.3. The van der Waals surface area contributed by atoms with Crippen LogP contribution in [0.1, 0.15) is 28.9 Å². The summed E-state index contributed by atoms with van der Waals surface area (Å²) in [5.41, 5.74) is 2.94. The molecule has 0 amide bonds. The first-order chi connectivity index (χ1) is 13.6. The summed E-state index contributed by atoms with van der Waals surface area (Å²) in [6.07, 6.45) is 1.49. The van der Waals surface area contributed by atoms with Crippen molar-refractivity contribution in [1.82, 2.24) is 9.97 Å². The Morgan fingerprint density at radius 2 is 1.86 bits per heavy atom. The number of hydrogen-bond donors (Lipinski definition) is 1. The highest BCUT2D eigenvalue weighted by molar-refractivity contribution is 7.17. The highest BCUT2D eigenvalue weighted by Gasteiger charge is 2.25. The van der Waals surface area contributed by atoms with E-state index in [-0.39, 0.29) is 11.5 Å². The number of para-hydroxylation sites is 1. The molecule has 0 aliphatic carbocycles. The highest BCUT2D eigenvalue weighted by Crippen LogP contribution is 2.38. The lowest BCUT2D eigenvalue weighted by molar-refractivity contribution is 0.0962. The van der Waals surface area contributed by atoms with E-state index in [1.54, 1.807) is 25.3 Å². The molecule has 1 atom stereocenters. The van der Waals surface area contributed by atoms with Crippen molar-refractivity contribution < 1.29 is 14.6 Å². The van der Waals surface area contributed by atoms with Gasteiger partial charge in [-0.2, -0.15) is 0 Å². The van der Waals surface area contributed by atoms with Crippen molar-refractivity contribution >= 4 is 27.3 Å². The Morgan fingerprint density at radius 3 is 2.57 bits per heavy atom. The maximum Gasteiger partial charge on any atom is 0.175 e. The SMILES string of the molecule is COc1ccc(-c2csc3ncnc(C(C)C(=O)c4ccccc4O)c23)cc1. The predicted octanol–water partition coefficient (Wildman–Crippen LogP) is 5.06. The summed E-state index contributed by atoms with van der Waals surface area (Å²) in [5.74, 6) is 0.0589. The molecule has 2 aromatic heterocycles. The molecule has 2 heterocycles. The van der Waals surface area contributed by atoms with Gasteiger partial charge in [-0.3, -0.25) is 4.79 Å². The molecular formula is C22H18N2O3S. The smallest absolute Gasteiger partial charge is 0.175 e. The number of ether oxygens (including phenoxy) is 1. The standard InChI is InChI=1S/C22H18N2O3S/c1-13(21(26)16-5-3-4-6-18(16)25)20-19-17(11-28-22(19)24-12-23-20)14-7-9-15(27-2)10-8-14/h3-13,25H,1-2H3. The van der Waals surface area contributed by atoms with Crippen LogP contribution in [0.4, 0.5) is 0 Å². The molecule has 0 radical (unpaired) electrons. The molecule has 0 aliphatic heterocycles. The van der Waals surface area contributed by atoms with Gasteiger partial charge in [0, 0.05) is 16.3 Å². The van der Waals surface area contributed by atoms with Gasteiger partial charge in [-0.05, 0) is 36.8 Å². The van der Waals surface area contributed by atoms with Crippen LogP contribution < -0.4 is 4.74 Å². The minimum atomic E-state index is -0.523. The highest BCUT2D eigenvalue weighted by atomic mass is 32.1. The van der Waals surface area contributed by atoms with Crippen molar-refractivity contribution in [2.75, 3.05) is 7.11 Å². The van der Waals surface area contributed by atoms with Crippen LogP contribution in [0.25, 0.3) is 21.3 Å². The molecule has 28 heavy (non-hydrogen) atoms. The van der Waals surface area contributed by atoms with E-state index in [2.05, 4.69) is 9.97 Å². The van der Waals surface area contributed by atoms with Gasteiger partial charge in [-0.1, -0.05) is 24.3 Å². The Kier molecular flexibility index (Phi) is 4.79. The van der Waals surface area contributed by atoms with Crippen LogP contribution in [0, 0.1) is 0 Å². The van der Waals surface area contributed by atoms with E-state index in [1.807, 2.05) is 36.6 Å². The molecule has 0 spiro atoms. The topological polar surface area (TPSA) is 72.3 Å². The lowest BCUT2D eigenvalue weighted by atomic mass is 9.92. The molecule has 0 saturated carbocycles. The molecule has 1 N–H and O–H groups in total. The number of phenolic OH excluding ortho intramolecular Hbond substituents is 1. The molecule has 5 nitrogen and oxygen atoms in total. The number of rotatable bonds is 5. The monoisotopic (exact) mass is 390 g/mol. The number of aromatic nitrogens is 2. The number of phenols is 1. The Balaban J connectivity index is 1.82. The van der Waals surface area contributed by atoms with Crippen LogP contribution >= 0.6 is 11.3 Å². The van der Waals surface area contributed by atoms with E-state index in [1.165, 1.54) is 23.7 Å². The lowest BCUT2D eigenvalue weighted by Crippen LogP contribution is -2.12. The van der Waals surface area contributed by atoms with Gasteiger partial charge in [-0.15, -0.1) is 11.3 Å². The number of aromatic hydroxyl groups is 1. The van der Waals surface area contributed by atoms with Gasteiger partial charge in [-0.25, -0.2) is 9.97 Å². The summed E-state index contributed by atoms with van der Waals surface area (Å²) in [4.78, 5) is 22.7. The zero-order valence-corrected chi connectivity index (χ0v) is 16.2. The van der Waals surface area contributed by atoms with Crippen LogP contribution in [0.5, 0.6) is 11.5 Å². The molecule has 2 aromatic carbocycles. The van der Waals surface area contributed by atoms with Crippen molar-refractivity contribution in [2.24, 2.45) is 0 Å². The number of nitrogens with zero attached hydrogens (tertiary/aromatic N) is 2. The van der Waals surface area contributed by atoms with E-state index >= 15 is 0 Å². The first-order valence-corrected chi connectivity index (χ1v) is 9.67. The number of carbonyl (C=O) groups excluding carboxylic acids is 1. The molecular weight excluding hydrogens is 372 g/mol. The molecule has 0 saturated heterocycles. The summed E-state index contributed by atoms with van der Waals surface area (Å²) >= 11 is 1.52. The zero-order valence-electron chi connectivity index (χ0n) is 15.4. The van der Waals surface area contributed by atoms with Crippen molar-refractivity contribution in [2.45, 2.75) is 12.8 Å². The van der Waals surface area contributed by atoms with Crippen molar-refractivity contribution in [3.63, 3.8) is 0 Å². The van der Waals surface area contributed by atoms with Crippen molar-refractivity contribution in [3.05, 3.63) is 71.5 Å².